The molecule has 0 spiro atoms. The lowest BCUT2D eigenvalue weighted by Crippen LogP contribution is -2.35. The van der Waals surface area contributed by atoms with E-state index in [4.69, 9.17) is 4.74 Å². The van der Waals surface area contributed by atoms with Gasteiger partial charge in [0.15, 0.2) is 23.0 Å². The molecule has 1 heterocycles. The summed E-state index contributed by atoms with van der Waals surface area (Å²) in [7, 11) is 0. The van der Waals surface area contributed by atoms with E-state index in [1.807, 2.05) is 6.92 Å². The van der Waals surface area contributed by atoms with Gasteiger partial charge in [0.2, 0.25) is 0 Å². The maximum Gasteiger partial charge on any atom is 0.290 e. The molecule has 0 aromatic heterocycles. The summed E-state index contributed by atoms with van der Waals surface area (Å²) in [6, 6.07) is 4.10. The second-order valence-electron chi connectivity index (χ2n) is 8.28. The molecule has 2 N–H and O–H groups in total. The van der Waals surface area contributed by atoms with E-state index in [1.54, 1.807) is 17.0 Å². The van der Waals surface area contributed by atoms with Crippen LogP contribution in [0.1, 0.15) is 71.4 Å². The summed E-state index contributed by atoms with van der Waals surface area (Å²) in [4.78, 5) is 29.2. The summed E-state index contributed by atoms with van der Waals surface area (Å²) in [6.07, 6.45) is 5.29. The highest BCUT2D eigenvalue weighted by Crippen LogP contribution is 2.40. The Labute approximate surface area is 191 Å². The number of ether oxygens (including phenoxy) is 1. The van der Waals surface area contributed by atoms with Crippen molar-refractivity contribution in [1.29, 1.82) is 0 Å². The number of rotatable bonds is 14. The number of ketones is 1. The molecule has 0 fully saturated rings. The van der Waals surface area contributed by atoms with E-state index < -0.39 is 17.7 Å². The minimum Gasteiger partial charge on any atom is -0.504 e. The average molecular weight is 447 g/mol. The third-order valence-corrected chi connectivity index (χ3v) is 5.81. The topological polar surface area (TPSA) is 90.3 Å². The van der Waals surface area contributed by atoms with Gasteiger partial charge in [0.1, 0.15) is 0 Å². The number of hydrogen-bond donors (Lipinski definition) is 2. The summed E-state index contributed by atoms with van der Waals surface area (Å²) in [5.74, 6) is -1.08. The van der Waals surface area contributed by atoms with Crippen molar-refractivity contribution in [2.24, 2.45) is 0 Å². The Kier molecular flexibility index (Phi) is 10.0. The lowest BCUT2D eigenvalue weighted by atomic mass is 9.96. The molecule has 0 saturated carbocycles. The van der Waals surface area contributed by atoms with E-state index in [2.05, 4.69) is 18.7 Å². The van der Waals surface area contributed by atoms with Crippen molar-refractivity contribution >= 4 is 11.7 Å². The van der Waals surface area contributed by atoms with Crippen LogP contribution in [-0.4, -0.2) is 64.5 Å². The largest absolute Gasteiger partial charge is 0.504 e. The maximum absolute atomic E-state index is 12.9. The van der Waals surface area contributed by atoms with Crippen molar-refractivity contribution in [3.63, 3.8) is 0 Å². The molecule has 178 valence electrons. The predicted octanol–water partition coefficient (Wildman–Crippen LogP) is 4.37. The Morgan fingerprint density at radius 2 is 1.69 bits per heavy atom. The SMILES string of the molecule is CCCCN(CCCC)CCCN1C(=O)C(O)=C(C(C)=O)C1c1ccc(O)c(OCC)c1. The smallest absolute Gasteiger partial charge is 0.290 e. The number of carbonyl (C=O) groups is 2. The predicted molar refractivity (Wildman–Crippen MR) is 125 cm³/mol. The number of carbonyl (C=O) groups excluding carboxylic acids is 2. The number of aliphatic hydroxyl groups is 1. The van der Waals surface area contributed by atoms with Crippen molar-refractivity contribution in [2.75, 3.05) is 32.8 Å². The van der Waals surface area contributed by atoms with Crippen molar-refractivity contribution in [3.05, 3.63) is 35.1 Å². The van der Waals surface area contributed by atoms with E-state index in [-0.39, 0.29) is 22.9 Å². The van der Waals surface area contributed by atoms with Gasteiger partial charge in [-0.15, -0.1) is 0 Å². The zero-order valence-corrected chi connectivity index (χ0v) is 19.9. The molecular weight excluding hydrogens is 408 g/mol. The van der Waals surface area contributed by atoms with Crippen molar-refractivity contribution in [1.82, 2.24) is 9.80 Å². The van der Waals surface area contributed by atoms with Gasteiger partial charge < -0.3 is 24.7 Å². The van der Waals surface area contributed by atoms with Gasteiger partial charge >= 0.3 is 0 Å². The summed E-state index contributed by atoms with van der Waals surface area (Å²) < 4.78 is 5.49. The van der Waals surface area contributed by atoms with Gasteiger partial charge in [0, 0.05) is 6.54 Å². The number of aromatic hydroxyl groups is 1. The molecule has 1 aliphatic rings. The molecule has 0 aliphatic carbocycles. The van der Waals surface area contributed by atoms with E-state index in [0.29, 0.717) is 18.7 Å². The summed E-state index contributed by atoms with van der Waals surface area (Å²) in [6.45, 7) is 11.2. The first-order valence-electron chi connectivity index (χ1n) is 11.8. The van der Waals surface area contributed by atoms with E-state index >= 15 is 0 Å². The number of phenols is 1. The second kappa shape index (κ2) is 12.5. The highest BCUT2D eigenvalue weighted by molar-refractivity contribution is 6.08. The third-order valence-electron chi connectivity index (χ3n) is 5.81. The number of unbranched alkanes of at least 4 members (excludes halogenated alkanes) is 2. The van der Waals surface area contributed by atoms with Crippen LogP contribution in [0, 0.1) is 0 Å². The fourth-order valence-corrected chi connectivity index (χ4v) is 4.13. The first kappa shape index (κ1) is 25.7. The fraction of sp³-hybridized carbons (Fsp3) is 0.600. The lowest BCUT2D eigenvalue weighted by Gasteiger charge is -2.28. The van der Waals surface area contributed by atoms with Crippen LogP contribution in [-0.2, 0) is 9.59 Å². The second-order valence-corrected chi connectivity index (χ2v) is 8.28. The molecular formula is C25H38N2O5. The van der Waals surface area contributed by atoms with Gasteiger partial charge in [0.05, 0.1) is 18.2 Å². The van der Waals surface area contributed by atoms with Gasteiger partial charge in [-0.25, -0.2) is 0 Å². The van der Waals surface area contributed by atoms with Gasteiger partial charge in [-0.1, -0.05) is 32.8 Å². The highest BCUT2D eigenvalue weighted by atomic mass is 16.5. The van der Waals surface area contributed by atoms with Crippen LogP contribution in [0.5, 0.6) is 11.5 Å². The normalized spacial score (nSPS) is 16.3. The van der Waals surface area contributed by atoms with Crippen molar-refractivity contribution in [3.8, 4) is 11.5 Å². The number of amides is 1. The Bertz CT molecular complexity index is 813. The van der Waals surface area contributed by atoms with Gasteiger partial charge in [-0.2, -0.15) is 0 Å². The third kappa shape index (κ3) is 6.25. The molecule has 0 bridgehead atoms. The Morgan fingerprint density at radius 1 is 1.06 bits per heavy atom. The van der Waals surface area contributed by atoms with Crippen LogP contribution < -0.4 is 4.74 Å². The number of benzene rings is 1. The van der Waals surface area contributed by atoms with E-state index in [9.17, 15) is 19.8 Å². The molecule has 2 rings (SSSR count). The molecule has 1 aromatic carbocycles. The fourth-order valence-electron chi connectivity index (χ4n) is 4.13. The van der Waals surface area contributed by atoms with Crippen LogP contribution in [0.25, 0.3) is 0 Å². The monoisotopic (exact) mass is 446 g/mol. The first-order chi connectivity index (χ1) is 15.3. The first-order valence-corrected chi connectivity index (χ1v) is 11.8. The Balaban J connectivity index is 2.23. The van der Waals surface area contributed by atoms with E-state index in [1.165, 1.54) is 13.0 Å². The van der Waals surface area contributed by atoms with Crippen LogP contribution in [0.3, 0.4) is 0 Å². The number of Topliss-reactive ketones (excluding diaryl/α,β-unsaturated/α-hetero) is 1. The maximum atomic E-state index is 12.9. The summed E-state index contributed by atoms with van der Waals surface area (Å²) in [5, 5.41) is 20.5. The molecule has 1 aromatic rings. The van der Waals surface area contributed by atoms with Crippen LogP contribution in [0.4, 0.5) is 0 Å². The molecule has 7 heteroatoms. The van der Waals surface area contributed by atoms with Crippen molar-refractivity contribution in [2.45, 2.75) is 65.8 Å². The Morgan fingerprint density at radius 3 is 2.25 bits per heavy atom. The summed E-state index contributed by atoms with van der Waals surface area (Å²) in [5.41, 5.74) is 0.722. The molecule has 1 unspecified atom stereocenters. The van der Waals surface area contributed by atoms with Gasteiger partial charge in [-0.05, 0) is 70.4 Å². The Hall–Kier alpha value is -2.54. The molecule has 7 nitrogen and oxygen atoms in total. The number of nitrogens with zero attached hydrogens (tertiary/aromatic N) is 2. The number of hydrogen-bond acceptors (Lipinski definition) is 6. The molecule has 0 radical (unpaired) electrons. The van der Waals surface area contributed by atoms with Crippen LogP contribution in [0.15, 0.2) is 29.5 Å². The van der Waals surface area contributed by atoms with Gasteiger partial charge in [-0.3, -0.25) is 9.59 Å². The zero-order valence-electron chi connectivity index (χ0n) is 19.9. The van der Waals surface area contributed by atoms with E-state index in [0.717, 1.165) is 51.7 Å². The molecule has 1 aliphatic heterocycles. The average Bonchev–Trinajstić information content (AvgIpc) is 3.02. The summed E-state index contributed by atoms with van der Waals surface area (Å²) >= 11 is 0. The van der Waals surface area contributed by atoms with Crippen LogP contribution in [0.2, 0.25) is 0 Å². The lowest BCUT2D eigenvalue weighted by molar-refractivity contribution is -0.129. The highest BCUT2D eigenvalue weighted by Gasteiger charge is 2.42. The minimum absolute atomic E-state index is 0.00783. The quantitative estimate of drug-likeness (QED) is 0.441. The molecule has 32 heavy (non-hydrogen) atoms. The number of phenolic OH excluding ortho intramolecular Hbond substituents is 1. The van der Waals surface area contributed by atoms with Crippen molar-refractivity contribution < 1.29 is 24.5 Å². The molecule has 0 saturated heterocycles. The van der Waals surface area contributed by atoms with Crippen LogP contribution >= 0.6 is 0 Å². The zero-order chi connectivity index (χ0) is 23.7. The number of aliphatic hydroxyl groups excluding tert-OH is 1. The minimum atomic E-state index is -0.695. The molecule has 1 amide bonds. The standard InChI is InChI=1S/C25H38N2O5/c1-5-8-13-26(14-9-6-2)15-10-16-27-23(22(18(4)28)24(30)25(27)31)19-11-12-20(29)21(17-19)32-7-3/h11-12,17,23,29-30H,5-10,13-16H2,1-4H3. The van der Waals surface area contributed by atoms with Gasteiger partial charge in [0.25, 0.3) is 5.91 Å². The molecule has 1 atom stereocenters.